The van der Waals surface area contributed by atoms with E-state index in [9.17, 15) is 4.79 Å². The lowest BCUT2D eigenvalue weighted by atomic mass is 10.1. The highest BCUT2D eigenvalue weighted by molar-refractivity contribution is 6.42. The summed E-state index contributed by atoms with van der Waals surface area (Å²) in [5.41, 5.74) is 2.81. The predicted octanol–water partition coefficient (Wildman–Crippen LogP) is 4.24. The summed E-state index contributed by atoms with van der Waals surface area (Å²) in [5, 5.41) is 0.909. The van der Waals surface area contributed by atoms with Gasteiger partial charge >= 0.3 is 0 Å². The third-order valence-corrected chi connectivity index (χ3v) is 4.06. The van der Waals surface area contributed by atoms with E-state index in [2.05, 4.69) is 9.97 Å². The number of aromatic amines is 1. The van der Waals surface area contributed by atoms with Gasteiger partial charge in [0.05, 0.1) is 26.6 Å². The second-order valence-electron chi connectivity index (χ2n) is 5.11. The van der Waals surface area contributed by atoms with E-state index < -0.39 is 0 Å². The normalized spacial score (nSPS) is 10.9. The number of rotatable bonds is 2. The Kier molecular flexibility index (Phi) is 3.81. The SMILES string of the molecule is CN(C)C(=O)c1ccccc1-c1nc2cc(Cl)c(Cl)cc2[nH]1. The molecular weight excluding hydrogens is 321 g/mol. The Bertz CT molecular complexity index is 832. The molecule has 1 heterocycles. The summed E-state index contributed by atoms with van der Waals surface area (Å²) in [6.45, 7) is 0. The number of nitrogens with one attached hydrogen (secondary N) is 1. The molecule has 3 rings (SSSR count). The average Bonchev–Trinajstić information content (AvgIpc) is 2.89. The van der Waals surface area contributed by atoms with Crippen LogP contribution in [0.25, 0.3) is 22.4 Å². The van der Waals surface area contributed by atoms with Crippen LogP contribution in [0.4, 0.5) is 0 Å². The lowest BCUT2D eigenvalue weighted by Crippen LogP contribution is -2.22. The van der Waals surface area contributed by atoms with Gasteiger partial charge in [0, 0.05) is 19.7 Å². The van der Waals surface area contributed by atoms with Crippen molar-refractivity contribution in [2.75, 3.05) is 14.1 Å². The van der Waals surface area contributed by atoms with Crippen molar-refractivity contribution in [2.24, 2.45) is 0 Å². The van der Waals surface area contributed by atoms with Crippen molar-refractivity contribution < 1.29 is 4.79 Å². The van der Waals surface area contributed by atoms with Crippen LogP contribution in [-0.4, -0.2) is 34.9 Å². The van der Waals surface area contributed by atoms with Gasteiger partial charge in [-0.25, -0.2) is 4.98 Å². The molecule has 1 N–H and O–H groups in total. The van der Waals surface area contributed by atoms with Crippen molar-refractivity contribution in [3.63, 3.8) is 0 Å². The Balaban J connectivity index is 2.18. The zero-order valence-electron chi connectivity index (χ0n) is 12.0. The number of imidazole rings is 1. The molecule has 22 heavy (non-hydrogen) atoms. The monoisotopic (exact) mass is 333 g/mol. The third kappa shape index (κ3) is 2.56. The largest absolute Gasteiger partial charge is 0.345 e. The van der Waals surface area contributed by atoms with Gasteiger partial charge in [0.15, 0.2) is 0 Å². The van der Waals surface area contributed by atoms with E-state index in [0.717, 1.165) is 11.1 Å². The van der Waals surface area contributed by atoms with Crippen molar-refractivity contribution in [3.05, 3.63) is 52.0 Å². The van der Waals surface area contributed by atoms with E-state index >= 15 is 0 Å². The maximum atomic E-state index is 12.3. The first-order chi connectivity index (χ1) is 10.5. The Morgan fingerprint density at radius 2 is 1.82 bits per heavy atom. The number of H-pyrrole nitrogens is 1. The number of carbonyl (C=O) groups is 1. The van der Waals surface area contributed by atoms with Gasteiger partial charge in [0.2, 0.25) is 0 Å². The number of hydrogen-bond donors (Lipinski definition) is 1. The molecule has 6 heteroatoms. The van der Waals surface area contributed by atoms with Gasteiger partial charge in [-0.3, -0.25) is 4.79 Å². The summed E-state index contributed by atoms with van der Waals surface area (Å²) in [7, 11) is 3.44. The van der Waals surface area contributed by atoms with Crippen LogP contribution in [0.5, 0.6) is 0 Å². The van der Waals surface area contributed by atoms with Crippen LogP contribution in [0.1, 0.15) is 10.4 Å². The molecule has 0 spiro atoms. The number of carbonyl (C=O) groups excluding carboxylic acids is 1. The second-order valence-corrected chi connectivity index (χ2v) is 5.93. The van der Waals surface area contributed by atoms with Crippen molar-refractivity contribution in [1.82, 2.24) is 14.9 Å². The highest BCUT2D eigenvalue weighted by atomic mass is 35.5. The van der Waals surface area contributed by atoms with E-state index in [4.69, 9.17) is 23.2 Å². The minimum atomic E-state index is -0.0767. The molecule has 112 valence electrons. The van der Waals surface area contributed by atoms with Gasteiger partial charge < -0.3 is 9.88 Å². The predicted molar refractivity (Wildman–Crippen MR) is 89.6 cm³/mol. The summed E-state index contributed by atoms with van der Waals surface area (Å²) in [6.07, 6.45) is 0. The van der Waals surface area contributed by atoms with Crippen LogP contribution >= 0.6 is 23.2 Å². The average molecular weight is 334 g/mol. The molecule has 0 bridgehead atoms. The number of amides is 1. The zero-order valence-corrected chi connectivity index (χ0v) is 13.5. The van der Waals surface area contributed by atoms with Gasteiger partial charge in [0.25, 0.3) is 5.91 Å². The lowest BCUT2D eigenvalue weighted by molar-refractivity contribution is 0.0828. The van der Waals surface area contributed by atoms with Crippen molar-refractivity contribution in [1.29, 1.82) is 0 Å². The second kappa shape index (κ2) is 5.63. The Morgan fingerprint density at radius 3 is 2.55 bits per heavy atom. The standard InChI is InChI=1S/C16H13Cl2N3O/c1-21(2)16(22)10-6-4-3-5-9(10)15-19-13-7-11(17)12(18)8-14(13)20-15/h3-8H,1-2H3,(H,19,20). The van der Waals surface area contributed by atoms with Crippen LogP contribution in [0, 0.1) is 0 Å². The molecule has 0 radical (unpaired) electrons. The summed E-state index contributed by atoms with van der Waals surface area (Å²) >= 11 is 12.0. The topological polar surface area (TPSA) is 49.0 Å². The molecule has 0 saturated heterocycles. The highest BCUT2D eigenvalue weighted by Gasteiger charge is 2.16. The molecule has 0 aliphatic carbocycles. The van der Waals surface area contributed by atoms with Gasteiger partial charge in [-0.1, -0.05) is 41.4 Å². The first kappa shape index (κ1) is 14.9. The van der Waals surface area contributed by atoms with Crippen molar-refractivity contribution in [2.45, 2.75) is 0 Å². The Morgan fingerprint density at radius 1 is 1.14 bits per heavy atom. The molecule has 0 aliphatic heterocycles. The summed E-state index contributed by atoms with van der Waals surface area (Å²) in [5.74, 6) is 0.534. The Labute approximate surface area is 137 Å². The minimum Gasteiger partial charge on any atom is -0.345 e. The number of halogens is 2. The van der Waals surface area contributed by atoms with E-state index in [1.54, 1.807) is 32.3 Å². The first-order valence-electron chi connectivity index (χ1n) is 6.63. The quantitative estimate of drug-likeness (QED) is 0.762. The molecule has 0 aliphatic rings. The van der Waals surface area contributed by atoms with Gasteiger partial charge in [-0.2, -0.15) is 0 Å². The van der Waals surface area contributed by atoms with E-state index in [-0.39, 0.29) is 5.91 Å². The maximum Gasteiger partial charge on any atom is 0.254 e. The summed E-state index contributed by atoms with van der Waals surface area (Å²) in [4.78, 5) is 21.5. The van der Waals surface area contributed by atoms with Crippen molar-refractivity contribution in [3.8, 4) is 11.4 Å². The number of hydrogen-bond acceptors (Lipinski definition) is 2. The Hall–Kier alpha value is -2.04. The number of aromatic nitrogens is 2. The molecule has 1 aromatic heterocycles. The first-order valence-corrected chi connectivity index (χ1v) is 7.39. The molecule has 0 atom stereocenters. The molecule has 0 unspecified atom stereocenters. The molecule has 4 nitrogen and oxygen atoms in total. The van der Waals surface area contributed by atoms with E-state index in [0.29, 0.717) is 26.9 Å². The number of benzene rings is 2. The van der Waals surface area contributed by atoms with Gasteiger partial charge in [-0.05, 0) is 18.2 Å². The molecule has 3 aromatic rings. The fourth-order valence-corrected chi connectivity index (χ4v) is 2.57. The van der Waals surface area contributed by atoms with E-state index in [1.807, 2.05) is 18.2 Å². The van der Waals surface area contributed by atoms with E-state index in [1.165, 1.54) is 4.90 Å². The smallest absolute Gasteiger partial charge is 0.254 e. The molecule has 0 fully saturated rings. The van der Waals surface area contributed by atoms with Crippen LogP contribution in [-0.2, 0) is 0 Å². The van der Waals surface area contributed by atoms with Crippen LogP contribution < -0.4 is 0 Å². The van der Waals surface area contributed by atoms with Gasteiger partial charge in [-0.15, -0.1) is 0 Å². The number of fused-ring (bicyclic) bond motifs is 1. The molecule has 1 amide bonds. The minimum absolute atomic E-state index is 0.0767. The van der Waals surface area contributed by atoms with Crippen LogP contribution in [0.2, 0.25) is 10.0 Å². The van der Waals surface area contributed by atoms with Crippen LogP contribution in [0.15, 0.2) is 36.4 Å². The zero-order chi connectivity index (χ0) is 15.9. The molecule has 2 aromatic carbocycles. The van der Waals surface area contributed by atoms with Crippen LogP contribution in [0.3, 0.4) is 0 Å². The summed E-state index contributed by atoms with van der Waals surface area (Å²) in [6, 6.07) is 10.8. The lowest BCUT2D eigenvalue weighted by Gasteiger charge is -2.12. The maximum absolute atomic E-state index is 12.3. The fraction of sp³-hybridized carbons (Fsp3) is 0.125. The van der Waals surface area contributed by atoms with Crippen molar-refractivity contribution >= 4 is 40.1 Å². The summed E-state index contributed by atoms with van der Waals surface area (Å²) < 4.78 is 0. The molecule has 0 saturated carbocycles. The highest BCUT2D eigenvalue weighted by Crippen LogP contribution is 2.30. The molecular formula is C16H13Cl2N3O. The third-order valence-electron chi connectivity index (χ3n) is 3.34. The number of nitrogens with zero attached hydrogens (tertiary/aromatic N) is 2. The fourth-order valence-electron chi connectivity index (χ4n) is 2.25. The van der Waals surface area contributed by atoms with Gasteiger partial charge in [0.1, 0.15) is 5.82 Å².